The summed E-state index contributed by atoms with van der Waals surface area (Å²) in [5, 5.41) is 0. The first-order valence-electron chi connectivity index (χ1n) is 6.15. The molecule has 2 nitrogen and oxygen atoms in total. The van der Waals surface area contributed by atoms with Gasteiger partial charge in [0.05, 0.1) is 11.2 Å². The first-order valence-corrected chi connectivity index (χ1v) is 6.15. The molecule has 1 heterocycles. The Bertz CT molecular complexity index is 357. The molecule has 0 bridgehead atoms. The molecule has 1 radical (unpaired) electrons. The zero-order chi connectivity index (χ0) is 12.5. The van der Waals surface area contributed by atoms with Gasteiger partial charge in [0.15, 0.2) is 0 Å². The van der Waals surface area contributed by atoms with Gasteiger partial charge in [0.2, 0.25) is 0 Å². The Balaban J connectivity index is 1.91. The predicted octanol–water partition coefficient (Wildman–Crippen LogP) is 3.33. The maximum absolute atomic E-state index is 5.93. The molecule has 0 aromatic heterocycles. The smallest absolute Gasteiger partial charge is 0.403 e. The minimum Gasteiger partial charge on any atom is -0.403 e. The molecule has 1 aliphatic heterocycles. The molecular formula is C14H20BO2. The van der Waals surface area contributed by atoms with Gasteiger partial charge in [0.1, 0.15) is 0 Å². The molecule has 1 aromatic rings. The van der Waals surface area contributed by atoms with E-state index in [1.165, 1.54) is 5.56 Å². The van der Waals surface area contributed by atoms with Crippen molar-refractivity contribution in [2.45, 2.75) is 45.2 Å². The summed E-state index contributed by atoms with van der Waals surface area (Å²) >= 11 is 0. The molecule has 0 N–H and O–H groups in total. The van der Waals surface area contributed by atoms with Crippen molar-refractivity contribution in [1.29, 1.82) is 0 Å². The van der Waals surface area contributed by atoms with Crippen LogP contribution in [-0.4, -0.2) is 18.3 Å². The highest BCUT2D eigenvalue weighted by Crippen LogP contribution is 2.38. The van der Waals surface area contributed by atoms with Crippen molar-refractivity contribution in [3.63, 3.8) is 0 Å². The van der Waals surface area contributed by atoms with Crippen molar-refractivity contribution in [2.24, 2.45) is 0 Å². The number of hydrogen-bond donors (Lipinski definition) is 0. The van der Waals surface area contributed by atoms with E-state index in [0.717, 1.165) is 6.32 Å². The lowest BCUT2D eigenvalue weighted by atomic mass is 9.81. The second-order valence-corrected chi connectivity index (χ2v) is 5.54. The molecule has 0 spiro atoms. The molecule has 2 rings (SSSR count). The van der Waals surface area contributed by atoms with Crippen molar-refractivity contribution in [3.8, 4) is 0 Å². The van der Waals surface area contributed by atoms with Crippen LogP contribution in [0.3, 0.4) is 0 Å². The highest BCUT2D eigenvalue weighted by molar-refractivity contribution is 6.46. The molecule has 0 unspecified atom stereocenters. The standard InChI is InChI=1S/C14H20BO2/c1-13(2)14(3,4)17-15(16-13)11-10-12-8-6-5-7-9-12/h5-10H,11H2,1-4H3. The molecule has 0 saturated carbocycles. The average Bonchev–Trinajstić information content (AvgIpc) is 2.46. The first kappa shape index (κ1) is 12.7. The van der Waals surface area contributed by atoms with Crippen molar-refractivity contribution in [3.05, 3.63) is 42.3 Å². The van der Waals surface area contributed by atoms with E-state index in [4.69, 9.17) is 9.31 Å². The fourth-order valence-electron chi connectivity index (χ4n) is 1.88. The number of rotatable bonds is 3. The van der Waals surface area contributed by atoms with Crippen LogP contribution in [0, 0.1) is 6.42 Å². The van der Waals surface area contributed by atoms with E-state index < -0.39 is 0 Å². The Morgan fingerprint density at radius 3 is 2.06 bits per heavy atom. The fourth-order valence-corrected chi connectivity index (χ4v) is 1.88. The lowest BCUT2D eigenvalue weighted by Gasteiger charge is -2.32. The van der Waals surface area contributed by atoms with Crippen LogP contribution < -0.4 is 0 Å². The van der Waals surface area contributed by atoms with E-state index in [1.807, 2.05) is 18.2 Å². The molecule has 1 fully saturated rings. The van der Waals surface area contributed by atoms with Crippen LogP contribution in [0.15, 0.2) is 30.3 Å². The third-order valence-electron chi connectivity index (χ3n) is 3.65. The summed E-state index contributed by atoms with van der Waals surface area (Å²) in [4.78, 5) is 0. The Labute approximate surface area is 104 Å². The molecule has 0 amide bonds. The summed E-state index contributed by atoms with van der Waals surface area (Å²) in [5.41, 5.74) is 0.743. The van der Waals surface area contributed by atoms with Gasteiger partial charge in [0.25, 0.3) is 0 Å². The zero-order valence-corrected chi connectivity index (χ0v) is 11.1. The Kier molecular flexibility index (Phi) is 3.33. The molecule has 0 aliphatic carbocycles. The van der Waals surface area contributed by atoms with Gasteiger partial charge in [-0.2, -0.15) is 0 Å². The number of benzene rings is 1. The topological polar surface area (TPSA) is 18.5 Å². The van der Waals surface area contributed by atoms with Gasteiger partial charge in [-0.15, -0.1) is 0 Å². The summed E-state index contributed by atoms with van der Waals surface area (Å²) in [5.74, 6) is 0. The van der Waals surface area contributed by atoms with Gasteiger partial charge < -0.3 is 9.31 Å². The molecule has 0 atom stereocenters. The van der Waals surface area contributed by atoms with Crippen LogP contribution in [0.2, 0.25) is 6.32 Å². The van der Waals surface area contributed by atoms with Crippen molar-refractivity contribution < 1.29 is 9.31 Å². The maximum atomic E-state index is 5.93. The molecular weight excluding hydrogens is 211 g/mol. The Hall–Kier alpha value is -0.795. The number of hydrogen-bond acceptors (Lipinski definition) is 2. The van der Waals surface area contributed by atoms with Gasteiger partial charge in [-0.1, -0.05) is 30.3 Å². The van der Waals surface area contributed by atoms with Crippen LogP contribution in [0.1, 0.15) is 33.3 Å². The van der Waals surface area contributed by atoms with Crippen LogP contribution >= 0.6 is 0 Å². The SMILES string of the molecule is CC1(C)OB(C[CH]c2ccccc2)OC1(C)C. The summed E-state index contributed by atoms with van der Waals surface area (Å²) in [7, 11) is -0.139. The maximum Gasteiger partial charge on any atom is 0.458 e. The first-order chi connectivity index (χ1) is 7.91. The normalized spacial score (nSPS) is 21.8. The van der Waals surface area contributed by atoms with Gasteiger partial charge in [0, 0.05) is 0 Å². The summed E-state index contributed by atoms with van der Waals surface area (Å²) < 4.78 is 11.9. The van der Waals surface area contributed by atoms with Gasteiger partial charge in [-0.25, -0.2) is 0 Å². The molecule has 1 aliphatic rings. The summed E-state index contributed by atoms with van der Waals surface area (Å²) in [6.45, 7) is 8.32. The Morgan fingerprint density at radius 2 is 1.53 bits per heavy atom. The van der Waals surface area contributed by atoms with Gasteiger partial charge in [-0.05, 0) is 46.0 Å². The van der Waals surface area contributed by atoms with Gasteiger partial charge in [-0.3, -0.25) is 0 Å². The van der Waals surface area contributed by atoms with E-state index >= 15 is 0 Å². The van der Waals surface area contributed by atoms with E-state index in [2.05, 4.69) is 46.2 Å². The van der Waals surface area contributed by atoms with Crippen molar-refractivity contribution >= 4 is 7.12 Å². The quantitative estimate of drug-likeness (QED) is 0.743. The average molecular weight is 231 g/mol. The van der Waals surface area contributed by atoms with E-state index in [9.17, 15) is 0 Å². The Morgan fingerprint density at radius 1 is 1.00 bits per heavy atom. The summed E-state index contributed by atoms with van der Waals surface area (Å²) in [6, 6.07) is 10.3. The summed E-state index contributed by atoms with van der Waals surface area (Å²) in [6.07, 6.45) is 2.94. The third kappa shape index (κ3) is 2.72. The zero-order valence-electron chi connectivity index (χ0n) is 11.1. The molecule has 3 heteroatoms. The van der Waals surface area contributed by atoms with E-state index in [-0.39, 0.29) is 18.3 Å². The van der Waals surface area contributed by atoms with Crippen LogP contribution in [0.5, 0.6) is 0 Å². The van der Waals surface area contributed by atoms with E-state index in [0.29, 0.717) is 0 Å². The second-order valence-electron chi connectivity index (χ2n) is 5.54. The molecule has 1 aromatic carbocycles. The van der Waals surface area contributed by atoms with Crippen LogP contribution in [-0.2, 0) is 9.31 Å². The molecule has 91 valence electrons. The molecule has 17 heavy (non-hydrogen) atoms. The lowest BCUT2D eigenvalue weighted by Crippen LogP contribution is -2.41. The lowest BCUT2D eigenvalue weighted by molar-refractivity contribution is 0.00578. The highest BCUT2D eigenvalue weighted by Gasteiger charge is 2.50. The minimum atomic E-state index is -0.234. The predicted molar refractivity (Wildman–Crippen MR) is 70.7 cm³/mol. The highest BCUT2D eigenvalue weighted by atomic mass is 16.7. The fraction of sp³-hybridized carbons (Fsp3) is 0.500. The van der Waals surface area contributed by atoms with Crippen molar-refractivity contribution in [1.82, 2.24) is 0 Å². The van der Waals surface area contributed by atoms with Crippen molar-refractivity contribution in [2.75, 3.05) is 0 Å². The second kappa shape index (κ2) is 4.47. The van der Waals surface area contributed by atoms with Gasteiger partial charge >= 0.3 is 7.12 Å². The monoisotopic (exact) mass is 231 g/mol. The molecule has 1 saturated heterocycles. The van der Waals surface area contributed by atoms with E-state index in [1.54, 1.807) is 0 Å². The minimum absolute atomic E-state index is 0.139. The van der Waals surface area contributed by atoms with Crippen LogP contribution in [0.4, 0.5) is 0 Å². The third-order valence-corrected chi connectivity index (χ3v) is 3.65. The van der Waals surface area contributed by atoms with Crippen LogP contribution in [0.25, 0.3) is 0 Å². The largest absolute Gasteiger partial charge is 0.458 e.